The van der Waals surface area contributed by atoms with Crippen LogP contribution in [0.4, 0.5) is 0 Å². The molecule has 0 saturated carbocycles. The lowest BCUT2D eigenvalue weighted by molar-refractivity contribution is 0.0802. The Morgan fingerprint density at radius 1 is 1.42 bits per heavy atom. The van der Waals surface area contributed by atoms with Gasteiger partial charge in [-0.3, -0.25) is 0 Å². The summed E-state index contributed by atoms with van der Waals surface area (Å²) >= 11 is 14.0. The van der Waals surface area contributed by atoms with Crippen molar-refractivity contribution < 1.29 is 5.11 Å². The number of aliphatic hydroxyl groups is 1. The van der Waals surface area contributed by atoms with Crippen LogP contribution in [-0.2, 0) is 0 Å². The zero-order chi connectivity index (χ0) is 14.6. The molecule has 1 aliphatic heterocycles. The normalized spacial score (nSPS) is 32.0. The van der Waals surface area contributed by atoms with E-state index in [-0.39, 0.29) is 11.5 Å². The zero-order valence-corrected chi connectivity index (χ0v) is 14.4. The lowest BCUT2D eigenvalue weighted by Crippen LogP contribution is -2.34. The van der Waals surface area contributed by atoms with E-state index >= 15 is 0 Å². The summed E-state index contributed by atoms with van der Waals surface area (Å²) in [5, 5.41) is 11.2. The van der Waals surface area contributed by atoms with E-state index in [9.17, 15) is 5.11 Å². The summed E-state index contributed by atoms with van der Waals surface area (Å²) in [5.74, 6) is 2.47. The van der Waals surface area contributed by atoms with Gasteiger partial charge < -0.3 is 5.11 Å². The fraction of sp³-hybridized carbons (Fsp3) is 0.867. The van der Waals surface area contributed by atoms with Crippen LogP contribution in [0.25, 0.3) is 0 Å². The maximum atomic E-state index is 10.6. The molecule has 0 bridgehead atoms. The summed E-state index contributed by atoms with van der Waals surface area (Å²) in [4.78, 5) is 0. The summed E-state index contributed by atoms with van der Waals surface area (Å²) < 4.78 is 0. The van der Waals surface area contributed by atoms with Gasteiger partial charge in [-0.25, -0.2) is 0 Å². The highest BCUT2D eigenvalue weighted by Crippen LogP contribution is 2.43. The largest absolute Gasteiger partial charge is 0.392 e. The van der Waals surface area contributed by atoms with Gasteiger partial charge in [-0.05, 0) is 29.9 Å². The Morgan fingerprint density at radius 3 is 2.53 bits per heavy atom. The average Bonchev–Trinajstić information content (AvgIpc) is 2.76. The second-order valence-corrected chi connectivity index (χ2v) is 7.88. The van der Waals surface area contributed by atoms with E-state index in [2.05, 4.69) is 27.4 Å². The first-order valence-corrected chi connectivity index (χ1v) is 9.06. The maximum absolute atomic E-state index is 10.6. The van der Waals surface area contributed by atoms with Gasteiger partial charge in [0.25, 0.3) is 0 Å². The minimum atomic E-state index is -0.211. The molecule has 4 heteroatoms. The molecule has 1 rings (SSSR count). The van der Waals surface area contributed by atoms with Gasteiger partial charge in [-0.15, -0.1) is 11.6 Å². The second-order valence-electron chi connectivity index (χ2n) is 5.66. The van der Waals surface area contributed by atoms with Crippen molar-refractivity contribution in [1.82, 2.24) is 0 Å². The summed E-state index contributed by atoms with van der Waals surface area (Å²) in [6, 6.07) is 0. The summed E-state index contributed by atoms with van der Waals surface area (Å²) in [5.41, 5.74) is 0. The van der Waals surface area contributed by atoms with Gasteiger partial charge in [-0.1, -0.05) is 51.8 Å². The smallest absolute Gasteiger partial charge is 0.0700 e. The first-order chi connectivity index (χ1) is 8.92. The fourth-order valence-corrected chi connectivity index (χ4v) is 5.07. The molecule has 112 valence electrons. The van der Waals surface area contributed by atoms with Crippen LogP contribution in [0.5, 0.6) is 0 Å². The lowest BCUT2D eigenvalue weighted by Gasteiger charge is -2.29. The molecule has 0 spiro atoms. The average molecular weight is 325 g/mol. The molecule has 0 aliphatic carbocycles. The predicted octanol–water partition coefficient (Wildman–Crippen LogP) is 4.90. The zero-order valence-electron chi connectivity index (χ0n) is 12.1. The molecule has 0 aromatic carbocycles. The molecule has 19 heavy (non-hydrogen) atoms. The number of allylic oxidation sites excluding steroid dienone is 1. The van der Waals surface area contributed by atoms with Crippen LogP contribution in [0.1, 0.15) is 40.0 Å². The van der Waals surface area contributed by atoms with Crippen molar-refractivity contribution >= 4 is 35.0 Å². The molecule has 0 aromatic rings. The first kappa shape index (κ1) is 17.7. The highest BCUT2D eigenvalue weighted by molar-refractivity contribution is 8.00. The Labute approximate surface area is 132 Å². The van der Waals surface area contributed by atoms with Gasteiger partial charge in [0.1, 0.15) is 0 Å². The van der Waals surface area contributed by atoms with Crippen molar-refractivity contribution in [1.29, 1.82) is 0 Å². The van der Waals surface area contributed by atoms with Crippen molar-refractivity contribution in [2.24, 2.45) is 17.8 Å². The van der Waals surface area contributed by atoms with Crippen LogP contribution in [0.3, 0.4) is 0 Å². The molecule has 0 aromatic heterocycles. The Bertz CT molecular complexity index is 298. The predicted molar refractivity (Wildman–Crippen MR) is 88.2 cm³/mol. The van der Waals surface area contributed by atoms with Crippen LogP contribution in [0.15, 0.2) is 11.6 Å². The Morgan fingerprint density at radius 2 is 2.05 bits per heavy atom. The van der Waals surface area contributed by atoms with E-state index in [4.69, 9.17) is 23.2 Å². The minimum Gasteiger partial charge on any atom is -0.392 e. The molecule has 1 aliphatic rings. The number of thioether (sulfide) groups is 1. The van der Waals surface area contributed by atoms with E-state index < -0.39 is 0 Å². The van der Waals surface area contributed by atoms with E-state index in [1.54, 1.807) is 0 Å². The van der Waals surface area contributed by atoms with Gasteiger partial charge in [-0.2, -0.15) is 11.8 Å². The van der Waals surface area contributed by atoms with Crippen LogP contribution in [-0.4, -0.2) is 27.6 Å². The number of halogens is 2. The number of alkyl halides is 1. The van der Waals surface area contributed by atoms with Gasteiger partial charge in [0.15, 0.2) is 0 Å². The molecule has 0 radical (unpaired) electrons. The van der Waals surface area contributed by atoms with Crippen LogP contribution >= 0.6 is 35.0 Å². The molecule has 1 fully saturated rings. The molecular formula is C15H26Cl2OS. The van der Waals surface area contributed by atoms with Crippen molar-refractivity contribution in [2.75, 3.05) is 5.75 Å². The van der Waals surface area contributed by atoms with Crippen molar-refractivity contribution in [3.63, 3.8) is 0 Å². The molecule has 0 amide bonds. The van der Waals surface area contributed by atoms with Gasteiger partial charge in [0, 0.05) is 10.3 Å². The summed E-state index contributed by atoms with van der Waals surface area (Å²) in [6.07, 6.45) is 2.75. The van der Waals surface area contributed by atoms with Crippen molar-refractivity contribution in [2.45, 2.75) is 56.8 Å². The van der Waals surface area contributed by atoms with Crippen molar-refractivity contribution in [3.8, 4) is 0 Å². The molecule has 1 N–H and O–H groups in total. The first-order valence-electron chi connectivity index (χ1n) is 7.20. The van der Waals surface area contributed by atoms with Crippen LogP contribution in [0.2, 0.25) is 0 Å². The molecule has 1 saturated heterocycles. The van der Waals surface area contributed by atoms with E-state index in [0.29, 0.717) is 28.0 Å². The molecule has 1 nitrogen and oxygen atoms in total. The molecular weight excluding hydrogens is 299 g/mol. The standard InChI is InChI=1S/C15H26Cl2OS/c1-5-9(3)12-8-19-15(14(12)18)11(6-2)7-13(17)10(4)16/h9,11-15,18H,4-8H2,1-3H3. The number of hydrogen-bond donors (Lipinski definition) is 1. The van der Waals surface area contributed by atoms with E-state index in [1.165, 1.54) is 0 Å². The summed E-state index contributed by atoms with van der Waals surface area (Å²) in [6.45, 7) is 10.3. The van der Waals surface area contributed by atoms with Gasteiger partial charge in [0.05, 0.1) is 11.5 Å². The molecule has 6 unspecified atom stereocenters. The van der Waals surface area contributed by atoms with Crippen molar-refractivity contribution in [3.05, 3.63) is 11.6 Å². The summed E-state index contributed by atoms with van der Waals surface area (Å²) in [7, 11) is 0. The third kappa shape index (κ3) is 4.56. The van der Waals surface area contributed by atoms with E-state index in [0.717, 1.165) is 25.0 Å². The molecule has 6 atom stereocenters. The number of hydrogen-bond acceptors (Lipinski definition) is 2. The number of aliphatic hydroxyl groups excluding tert-OH is 1. The second kappa shape index (κ2) is 8.17. The highest BCUT2D eigenvalue weighted by atomic mass is 35.5. The van der Waals surface area contributed by atoms with Gasteiger partial charge in [0.2, 0.25) is 0 Å². The third-order valence-electron chi connectivity index (χ3n) is 4.47. The topological polar surface area (TPSA) is 20.2 Å². The number of rotatable bonds is 7. The SMILES string of the molecule is C=C(Cl)C(Cl)CC(CC)C1SCC(C(C)CC)C1O. The van der Waals surface area contributed by atoms with Crippen LogP contribution in [0, 0.1) is 17.8 Å². The third-order valence-corrected chi connectivity index (χ3v) is 6.91. The Hall–Kier alpha value is 0.630. The minimum absolute atomic E-state index is 0.193. The van der Waals surface area contributed by atoms with Crippen LogP contribution < -0.4 is 0 Å². The monoisotopic (exact) mass is 324 g/mol. The lowest BCUT2D eigenvalue weighted by atomic mass is 9.82. The maximum Gasteiger partial charge on any atom is 0.0700 e. The molecule has 1 heterocycles. The van der Waals surface area contributed by atoms with E-state index in [1.807, 2.05) is 11.8 Å². The Balaban J connectivity index is 2.65. The quantitative estimate of drug-likeness (QED) is 0.672. The fourth-order valence-electron chi connectivity index (χ4n) is 2.81. The van der Waals surface area contributed by atoms with Gasteiger partial charge >= 0.3 is 0 Å². The highest BCUT2D eigenvalue weighted by Gasteiger charge is 2.41. The Kier molecular flexibility index (Phi) is 7.60.